The number of carbonyl (C=O) groups is 2. The normalized spacial score (nSPS) is 14.9. The van der Waals surface area contributed by atoms with Gasteiger partial charge in [-0.15, -0.1) is 0 Å². The van der Waals surface area contributed by atoms with Crippen molar-refractivity contribution in [2.24, 2.45) is 5.41 Å². The maximum absolute atomic E-state index is 11.1. The topological polar surface area (TPSA) is 74.6 Å². The molecule has 16 heavy (non-hydrogen) atoms. The van der Waals surface area contributed by atoms with E-state index in [4.69, 9.17) is 10.2 Å². The lowest BCUT2D eigenvalue weighted by Gasteiger charge is -2.22. The van der Waals surface area contributed by atoms with Crippen LogP contribution in [0.15, 0.2) is 12.2 Å². The molecule has 0 bridgehead atoms. The van der Waals surface area contributed by atoms with Gasteiger partial charge in [0.1, 0.15) is 0 Å². The molecule has 4 heteroatoms. The summed E-state index contributed by atoms with van der Waals surface area (Å²) in [6, 6.07) is 0. The second-order valence-corrected chi connectivity index (χ2v) is 3.93. The van der Waals surface area contributed by atoms with E-state index in [1.807, 2.05) is 0 Å². The standard InChI is InChI=1S/C12H20O4/c1-3-5-6-7-8-12(4-2,11(15)16)9-10(13)14/h7-8H,3-6,9H2,1-2H3,(H,13,14)(H,15,16). The van der Waals surface area contributed by atoms with Gasteiger partial charge in [-0.25, -0.2) is 0 Å². The number of hydrogen-bond donors (Lipinski definition) is 2. The lowest BCUT2D eigenvalue weighted by molar-refractivity contribution is -0.152. The zero-order valence-corrected chi connectivity index (χ0v) is 9.90. The van der Waals surface area contributed by atoms with Crippen LogP contribution in [0.3, 0.4) is 0 Å². The summed E-state index contributed by atoms with van der Waals surface area (Å²) in [5.41, 5.74) is -1.25. The first kappa shape index (κ1) is 14.7. The smallest absolute Gasteiger partial charge is 0.314 e. The summed E-state index contributed by atoms with van der Waals surface area (Å²) in [6.45, 7) is 3.75. The Hall–Kier alpha value is -1.32. The number of carboxylic acids is 2. The molecule has 0 aliphatic heterocycles. The fraction of sp³-hybridized carbons (Fsp3) is 0.667. The Kier molecular flexibility index (Phi) is 6.46. The van der Waals surface area contributed by atoms with E-state index in [0.717, 1.165) is 19.3 Å². The minimum atomic E-state index is -1.25. The van der Waals surface area contributed by atoms with E-state index < -0.39 is 17.4 Å². The molecule has 0 fully saturated rings. The summed E-state index contributed by atoms with van der Waals surface area (Å²) >= 11 is 0. The number of rotatable bonds is 8. The minimum Gasteiger partial charge on any atom is -0.481 e. The summed E-state index contributed by atoms with van der Waals surface area (Å²) in [5, 5.41) is 17.8. The van der Waals surface area contributed by atoms with Crippen LogP contribution in [0.25, 0.3) is 0 Å². The summed E-state index contributed by atoms with van der Waals surface area (Å²) in [7, 11) is 0. The molecule has 4 nitrogen and oxygen atoms in total. The van der Waals surface area contributed by atoms with Gasteiger partial charge >= 0.3 is 11.9 Å². The predicted molar refractivity (Wildman–Crippen MR) is 61.3 cm³/mol. The molecule has 1 atom stereocenters. The van der Waals surface area contributed by atoms with Crippen molar-refractivity contribution in [3.8, 4) is 0 Å². The Labute approximate surface area is 96.0 Å². The molecule has 0 amide bonds. The highest BCUT2D eigenvalue weighted by Gasteiger charge is 2.36. The highest BCUT2D eigenvalue weighted by molar-refractivity contribution is 5.83. The second kappa shape index (κ2) is 7.04. The molecule has 0 rings (SSSR count). The molecule has 0 spiro atoms. The van der Waals surface area contributed by atoms with E-state index in [0.29, 0.717) is 0 Å². The molecule has 0 aromatic carbocycles. The maximum Gasteiger partial charge on any atom is 0.314 e. The number of allylic oxidation sites excluding steroid dienone is 1. The Morgan fingerprint density at radius 1 is 1.25 bits per heavy atom. The van der Waals surface area contributed by atoms with E-state index >= 15 is 0 Å². The molecule has 1 unspecified atom stereocenters. The van der Waals surface area contributed by atoms with Gasteiger partial charge in [-0.05, 0) is 12.8 Å². The van der Waals surface area contributed by atoms with Gasteiger partial charge in [0.25, 0.3) is 0 Å². The molecule has 0 saturated heterocycles. The first-order valence-electron chi connectivity index (χ1n) is 5.61. The third-order valence-corrected chi connectivity index (χ3v) is 2.68. The monoisotopic (exact) mass is 228 g/mol. The van der Waals surface area contributed by atoms with Crippen LogP contribution in [0.4, 0.5) is 0 Å². The van der Waals surface area contributed by atoms with Crippen LogP contribution >= 0.6 is 0 Å². The molecule has 0 aromatic rings. The van der Waals surface area contributed by atoms with Crippen molar-refractivity contribution in [2.45, 2.75) is 46.0 Å². The van der Waals surface area contributed by atoms with E-state index in [2.05, 4.69) is 6.92 Å². The zero-order valence-electron chi connectivity index (χ0n) is 9.90. The van der Waals surface area contributed by atoms with Gasteiger partial charge in [-0.3, -0.25) is 9.59 Å². The Morgan fingerprint density at radius 3 is 2.25 bits per heavy atom. The van der Waals surface area contributed by atoms with Crippen molar-refractivity contribution >= 4 is 11.9 Å². The Morgan fingerprint density at radius 2 is 1.88 bits per heavy atom. The lowest BCUT2D eigenvalue weighted by atomic mass is 9.81. The summed E-state index contributed by atoms with van der Waals surface area (Å²) < 4.78 is 0. The minimum absolute atomic E-state index is 0.289. The molecule has 0 aromatic heterocycles. The number of unbranched alkanes of at least 4 members (excludes halogenated alkanes) is 2. The number of aliphatic carboxylic acids is 2. The predicted octanol–water partition coefficient (Wildman–Crippen LogP) is 2.69. The van der Waals surface area contributed by atoms with E-state index in [-0.39, 0.29) is 12.8 Å². The average molecular weight is 228 g/mol. The first-order valence-corrected chi connectivity index (χ1v) is 5.61. The van der Waals surface area contributed by atoms with Crippen molar-refractivity contribution in [3.63, 3.8) is 0 Å². The van der Waals surface area contributed by atoms with Gasteiger partial charge in [-0.2, -0.15) is 0 Å². The van der Waals surface area contributed by atoms with Gasteiger partial charge < -0.3 is 10.2 Å². The molecule has 0 aliphatic carbocycles. The van der Waals surface area contributed by atoms with E-state index in [9.17, 15) is 9.59 Å². The highest BCUT2D eigenvalue weighted by Crippen LogP contribution is 2.29. The SMILES string of the molecule is CCCCC=CC(CC)(CC(=O)O)C(=O)O. The van der Waals surface area contributed by atoms with Gasteiger partial charge in [0.05, 0.1) is 11.8 Å². The van der Waals surface area contributed by atoms with Crippen molar-refractivity contribution < 1.29 is 19.8 Å². The quantitative estimate of drug-likeness (QED) is 0.494. The fourth-order valence-corrected chi connectivity index (χ4v) is 1.50. The molecular weight excluding hydrogens is 208 g/mol. The Balaban J connectivity index is 4.69. The second-order valence-electron chi connectivity index (χ2n) is 3.93. The third-order valence-electron chi connectivity index (χ3n) is 2.68. The first-order chi connectivity index (χ1) is 7.48. The van der Waals surface area contributed by atoms with Gasteiger partial charge in [0.2, 0.25) is 0 Å². The van der Waals surface area contributed by atoms with Crippen LogP contribution in [0.1, 0.15) is 46.0 Å². The lowest BCUT2D eigenvalue weighted by Crippen LogP contribution is -2.31. The molecule has 0 heterocycles. The zero-order chi connectivity index (χ0) is 12.6. The highest BCUT2D eigenvalue weighted by atomic mass is 16.4. The maximum atomic E-state index is 11.1. The van der Waals surface area contributed by atoms with Crippen LogP contribution in [-0.2, 0) is 9.59 Å². The average Bonchev–Trinajstić information content (AvgIpc) is 2.21. The van der Waals surface area contributed by atoms with Gasteiger partial charge in [0, 0.05) is 0 Å². The van der Waals surface area contributed by atoms with Crippen LogP contribution in [0, 0.1) is 5.41 Å². The van der Waals surface area contributed by atoms with Crippen molar-refractivity contribution in [3.05, 3.63) is 12.2 Å². The number of hydrogen-bond acceptors (Lipinski definition) is 2. The molecule has 2 N–H and O–H groups in total. The Bertz CT molecular complexity index is 270. The largest absolute Gasteiger partial charge is 0.481 e. The molecule has 0 saturated carbocycles. The fourth-order valence-electron chi connectivity index (χ4n) is 1.50. The summed E-state index contributed by atoms with van der Waals surface area (Å²) in [4.78, 5) is 21.8. The van der Waals surface area contributed by atoms with Crippen LogP contribution in [-0.4, -0.2) is 22.2 Å². The van der Waals surface area contributed by atoms with Gasteiger partial charge in [0.15, 0.2) is 0 Å². The summed E-state index contributed by atoms with van der Waals surface area (Å²) in [6.07, 6.45) is 6.07. The van der Waals surface area contributed by atoms with Crippen molar-refractivity contribution in [1.82, 2.24) is 0 Å². The van der Waals surface area contributed by atoms with E-state index in [1.54, 1.807) is 19.1 Å². The molecule has 0 aliphatic rings. The van der Waals surface area contributed by atoms with Crippen LogP contribution in [0.5, 0.6) is 0 Å². The van der Waals surface area contributed by atoms with Crippen LogP contribution < -0.4 is 0 Å². The van der Waals surface area contributed by atoms with E-state index in [1.165, 1.54) is 0 Å². The van der Waals surface area contributed by atoms with Crippen LogP contribution in [0.2, 0.25) is 0 Å². The van der Waals surface area contributed by atoms with Crippen molar-refractivity contribution in [1.29, 1.82) is 0 Å². The molecule has 0 radical (unpaired) electrons. The molecule has 92 valence electrons. The van der Waals surface area contributed by atoms with Gasteiger partial charge in [-0.1, -0.05) is 38.8 Å². The van der Waals surface area contributed by atoms with Crippen molar-refractivity contribution in [2.75, 3.05) is 0 Å². The number of carboxylic acid groups (broad SMARTS) is 2. The summed E-state index contributed by atoms with van der Waals surface area (Å²) in [5.74, 6) is -2.14. The third kappa shape index (κ3) is 4.47. The molecular formula is C12H20O4.